The van der Waals surface area contributed by atoms with Crippen LogP contribution in [0.15, 0.2) is 41.2 Å². The topological polar surface area (TPSA) is 64.0 Å². The van der Waals surface area contributed by atoms with Crippen molar-refractivity contribution in [1.29, 1.82) is 0 Å². The molecule has 1 aromatic carbocycles. The SMILES string of the molecule is CNC(=O)c1ccc(=O)n(Cc2ccc(C)cc2)n1. The van der Waals surface area contributed by atoms with Crippen LogP contribution in [-0.4, -0.2) is 22.7 Å². The second-order valence-corrected chi connectivity index (χ2v) is 4.28. The lowest BCUT2D eigenvalue weighted by molar-refractivity contribution is 0.0955. The number of hydrogen-bond donors (Lipinski definition) is 1. The summed E-state index contributed by atoms with van der Waals surface area (Å²) in [6.45, 7) is 2.35. The molecule has 1 heterocycles. The Morgan fingerprint density at radius 2 is 1.89 bits per heavy atom. The van der Waals surface area contributed by atoms with Crippen LogP contribution in [0.1, 0.15) is 21.6 Å². The number of carbonyl (C=O) groups excluding carboxylic acids is 1. The average Bonchev–Trinajstić information content (AvgIpc) is 2.43. The van der Waals surface area contributed by atoms with E-state index >= 15 is 0 Å². The second kappa shape index (κ2) is 5.48. The van der Waals surface area contributed by atoms with Crippen molar-refractivity contribution < 1.29 is 4.79 Å². The number of hydrogen-bond acceptors (Lipinski definition) is 3. The molecule has 0 fully saturated rings. The number of nitrogens with zero attached hydrogens (tertiary/aromatic N) is 2. The zero-order chi connectivity index (χ0) is 13.8. The van der Waals surface area contributed by atoms with Gasteiger partial charge < -0.3 is 5.32 Å². The largest absolute Gasteiger partial charge is 0.354 e. The van der Waals surface area contributed by atoms with E-state index in [0.717, 1.165) is 11.1 Å². The van der Waals surface area contributed by atoms with Crippen molar-refractivity contribution in [2.24, 2.45) is 0 Å². The Bertz CT molecular complexity index is 644. The Morgan fingerprint density at radius 3 is 2.53 bits per heavy atom. The van der Waals surface area contributed by atoms with E-state index < -0.39 is 0 Å². The maximum absolute atomic E-state index is 11.7. The van der Waals surface area contributed by atoms with Crippen LogP contribution in [0.4, 0.5) is 0 Å². The van der Waals surface area contributed by atoms with Gasteiger partial charge in [-0.05, 0) is 18.6 Å². The number of benzene rings is 1. The van der Waals surface area contributed by atoms with E-state index in [1.54, 1.807) is 0 Å². The molecule has 2 rings (SSSR count). The standard InChI is InChI=1S/C14H15N3O2/c1-10-3-5-11(6-4-10)9-17-13(18)8-7-12(16-17)14(19)15-2/h3-8H,9H2,1-2H3,(H,15,19). The van der Waals surface area contributed by atoms with E-state index in [1.807, 2.05) is 31.2 Å². The Labute approximate surface area is 110 Å². The number of nitrogens with one attached hydrogen (secondary N) is 1. The van der Waals surface area contributed by atoms with Gasteiger partial charge in [0.15, 0.2) is 0 Å². The number of rotatable bonds is 3. The molecule has 0 aliphatic rings. The first-order valence-corrected chi connectivity index (χ1v) is 5.96. The van der Waals surface area contributed by atoms with Crippen LogP contribution < -0.4 is 10.9 Å². The van der Waals surface area contributed by atoms with Gasteiger partial charge in [-0.15, -0.1) is 0 Å². The van der Waals surface area contributed by atoms with Gasteiger partial charge in [0, 0.05) is 13.1 Å². The number of carbonyl (C=O) groups is 1. The molecule has 0 saturated heterocycles. The summed E-state index contributed by atoms with van der Waals surface area (Å²) in [6, 6.07) is 10.6. The summed E-state index contributed by atoms with van der Waals surface area (Å²) in [5.74, 6) is -0.308. The number of aryl methyl sites for hydroxylation is 1. The Kier molecular flexibility index (Phi) is 3.75. The van der Waals surface area contributed by atoms with Gasteiger partial charge in [-0.1, -0.05) is 29.8 Å². The fraction of sp³-hybridized carbons (Fsp3) is 0.214. The van der Waals surface area contributed by atoms with Crippen LogP contribution in [0.3, 0.4) is 0 Å². The molecule has 2 aromatic rings. The molecule has 5 heteroatoms. The summed E-state index contributed by atoms with van der Waals surface area (Å²) in [5, 5.41) is 6.54. The van der Waals surface area contributed by atoms with Crippen molar-refractivity contribution in [1.82, 2.24) is 15.1 Å². The smallest absolute Gasteiger partial charge is 0.271 e. The minimum absolute atomic E-state index is 0.228. The lowest BCUT2D eigenvalue weighted by Gasteiger charge is -2.06. The number of aromatic nitrogens is 2. The minimum Gasteiger partial charge on any atom is -0.354 e. The van der Waals surface area contributed by atoms with Gasteiger partial charge in [-0.2, -0.15) is 5.10 Å². The van der Waals surface area contributed by atoms with E-state index in [-0.39, 0.29) is 17.2 Å². The van der Waals surface area contributed by atoms with Gasteiger partial charge in [-0.3, -0.25) is 9.59 Å². The van der Waals surface area contributed by atoms with Crippen LogP contribution in [0.5, 0.6) is 0 Å². The van der Waals surface area contributed by atoms with Gasteiger partial charge in [-0.25, -0.2) is 4.68 Å². The molecule has 1 aromatic heterocycles. The van der Waals surface area contributed by atoms with E-state index in [9.17, 15) is 9.59 Å². The van der Waals surface area contributed by atoms with Crippen LogP contribution in [0.2, 0.25) is 0 Å². The molecule has 0 spiro atoms. The van der Waals surface area contributed by atoms with Crippen molar-refractivity contribution in [3.63, 3.8) is 0 Å². The predicted molar refractivity (Wildman–Crippen MR) is 72.2 cm³/mol. The lowest BCUT2D eigenvalue weighted by Crippen LogP contribution is -2.28. The first kappa shape index (κ1) is 13.0. The molecule has 0 radical (unpaired) electrons. The highest BCUT2D eigenvalue weighted by atomic mass is 16.2. The van der Waals surface area contributed by atoms with Gasteiger partial charge in [0.05, 0.1) is 6.54 Å². The van der Waals surface area contributed by atoms with E-state index in [4.69, 9.17) is 0 Å². The zero-order valence-corrected chi connectivity index (χ0v) is 10.9. The molecule has 0 unspecified atom stereocenters. The molecule has 0 saturated carbocycles. The molecular weight excluding hydrogens is 242 g/mol. The molecule has 19 heavy (non-hydrogen) atoms. The summed E-state index contributed by atoms with van der Waals surface area (Å²) in [6.07, 6.45) is 0. The fourth-order valence-corrected chi connectivity index (χ4v) is 1.68. The third-order valence-corrected chi connectivity index (χ3v) is 2.78. The maximum atomic E-state index is 11.7. The van der Waals surface area contributed by atoms with Gasteiger partial charge >= 0.3 is 0 Å². The average molecular weight is 257 g/mol. The highest BCUT2D eigenvalue weighted by Gasteiger charge is 2.07. The van der Waals surface area contributed by atoms with E-state index in [1.165, 1.54) is 23.9 Å². The van der Waals surface area contributed by atoms with Crippen LogP contribution in [0.25, 0.3) is 0 Å². The molecule has 0 aliphatic carbocycles. The molecule has 0 bridgehead atoms. The normalized spacial score (nSPS) is 10.2. The van der Waals surface area contributed by atoms with Gasteiger partial charge in [0.25, 0.3) is 11.5 Å². The Morgan fingerprint density at radius 1 is 1.21 bits per heavy atom. The highest BCUT2D eigenvalue weighted by Crippen LogP contribution is 2.04. The predicted octanol–water partition coefficient (Wildman–Crippen LogP) is 0.960. The summed E-state index contributed by atoms with van der Waals surface area (Å²) in [4.78, 5) is 23.2. The van der Waals surface area contributed by atoms with Gasteiger partial charge in [0.1, 0.15) is 5.69 Å². The monoisotopic (exact) mass is 257 g/mol. The molecule has 1 amide bonds. The van der Waals surface area contributed by atoms with Gasteiger partial charge in [0.2, 0.25) is 0 Å². The molecule has 0 aliphatic heterocycles. The fourth-order valence-electron chi connectivity index (χ4n) is 1.68. The first-order chi connectivity index (χ1) is 9.10. The van der Waals surface area contributed by atoms with Crippen molar-refractivity contribution in [3.05, 3.63) is 63.6 Å². The molecule has 98 valence electrons. The lowest BCUT2D eigenvalue weighted by atomic mass is 10.1. The Hall–Kier alpha value is -2.43. The molecular formula is C14H15N3O2. The van der Waals surface area contributed by atoms with E-state index in [0.29, 0.717) is 6.54 Å². The summed E-state index contributed by atoms with van der Waals surface area (Å²) < 4.78 is 1.29. The molecule has 0 atom stereocenters. The zero-order valence-electron chi connectivity index (χ0n) is 10.9. The van der Waals surface area contributed by atoms with Crippen LogP contribution in [-0.2, 0) is 6.54 Å². The van der Waals surface area contributed by atoms with E-state index in [2.05, 4.69) is 10.4 Å². The molecule has 1 N–H and O–H groups in total. The summed E-state index contributed by atoms with van der Waals surface area (Å²) in [5.41, 5.74) is 2.12. The summed E-state index contributed by atoms with van der Waals surface area (Å²) >= 11 is 0. The van der Waals surface area contributed by atoms with Crippen molar-refractivity contribution in [2.45, 2.75) is 13.5 Å². The minimum atomic E-state index is -0.308. The van der Waals surface area contributed by atoms with Crippen molar-refractivity contribution in [3.8, 4) is 0 Å². The van der Waals surface area contributed by atoms with Crippen molar-refractivity contribution >= 4 is 5.91 Å². The van der Waals surface area contributed by atoms with Crippen LogP contribution in [0, 0.1) is 6.92 Å². The maximum Gasteiger partial charge on any atom is 0.271 e. The third-order valence-electron chi connectivity index (χ3n) is 2.78. The van der Waals surface area contributed by atoms with Crippen molar-refractivity contribution in [2.75, 3.05) is 7.05 Å². The van der Waals surface area contributed by atoms with Crippen LogP contribution >= 0.6 is 0 Å². The molecule has 5 nitrogen and oxygen atoms in total. The third kappa shape index (κ3) is 3.07. The number of amides is 1. The first-order valence-electron chi connectivity index (χ1n) is 5.96. The second-order valence-electron chi connectivity index (χ2n) is 4.28. The Balaban J connectivity index is 2.31. The highest BCUT2D eigenvalue weighted by molar-refractivity contribution is 5.91. The summed E-state index contributed by atoms with van der Waals surface area (Å²) in [7, 11) is 1.53. The quantitative estimate of drug-likeness (QED) is 0.890.